The molecule has 0 aromatic heterocycles. The van der Waals surface area contributed by atoms with Gasteiger partial charge in [-0.15, -0.1) is 11.8 Å². The summed E-state index contributed by atoms with van der Waals surface area (Å²) < 4.78 is 0. The smallest absolute Gasteiger partial charge is 0.339 e. The molecular weight excluding hydrogens is 276 g/mol. The number of hydrogen-bond donors (Lipinski definition) is 2. The Morgan fingerprint density at radius 1 is 1.50 bits per heavy atom. The van der Waals surface area contributed by atoms with Crippen molar-refractivity contribution < 1.29 is 14.7 Å². The largest absolute Gasteiger partial charge is 0.478 e. The fourth-order valence-electron chi connectivity index (χ4n) is 1.22. The van der Waals surface area contributed by atoms with Gasteiger partial charge in [0.15, 0.2) is 0 Å². The van der Waals surface area contributed by atoms with Gasteiger partial charge in [0.25, 0.3) is 0 Å². The summed E-state index contributed by atoms with van der Waals surface area (Å²) in [6, 6.07) is 6.34. The van der Waals surface area contributed by atoms with Crippen molar-refractivity contribution in [2.75, 3.05) is 16.8 Å². The van der Waals surface area contributed by atoms with Gasteiger partial charge < -0.3 is 10.4 Å². The summed E-state index contributed by atoms with van der Waals surface area (Å²) in [4.78, 5) is 22.5. The molecular formula is C11H9ClN2O3S. The summed E-state index contributed by atoms with van der Waals surface area (Å²) in [5.74, 6) is -1.30. The molecule has 0 fully saturated rings. The Bertz CT molecular complexity index is 514. The number of carbonyl (C=O) groups is 2. The molecule has 0 spiro atoms. The van der Waals surface area contributed by atoms with Gasteiger partial charge in [0, 0.05) is 0 Å². The average molecular weight is 285 g/mol. The van der Waals surface area contributed by atoms with Crippen LogP contribution in [0.4, 0.5) is 5.69 Å². The Morgan fingerprint density at radius 3 is 2.83 bits per heavy atom. The number of carbonyl (C=O) groups excluding carboxylic acids is 1. The van der Waals surface area contributed by atoms with Crippen molar-refractivity contribution in [2.24, 2.45) is 0 Å². The third-order valence-electron chi connectivity index (χ3n) is 1.90. The highest BCUT2D eigenvalue weighted by Crippen LogP contribution is 2.24. The van der Waals surface area contributed by atoms with E-state index in [9.17, 15) is 9.59 Å². The molecule has 1 aromatic carbocycles. The van der Waals surface area contributed by atoms with Crippen LogP contribution in [0, 0.1) is 11.3 Å². The number of anilines is 1. The topological polar surface area (TPSA) is 90.2 Å². The Hall–Kier alpha value is -1.71. The minimum Gasteiger partial charge on any atom is -0.478 e. The van der Waals surface area contributed by atoms with Crippen molar-refractivity contribution in [1.82, 2.24) is 0 Å². The molecule has 5 nitrogen and oxygen atoms in total. The molecule has 0 saturated carbocycles. The van der Waals surface area contributed by atoms with Crippen LogP contribution in [0.2, 0.25) is 5.02 Å². The number of amides is 1. The predicted molar refractivity (Wildman–Crippen MR) is 70.0 cm³/mol. The average Bonchev–Trinajstić information content (AvgIpc) is 2.28. The van der Waals surface area contributed by atoms with Gasteiger partial charge in [-0.1, -0.05) is 17.7 Å². The maximum Gasteiger partial charge on any atom is 0.339 e. The summed E-state index contributed by atoms with van der Waals surface area (Å²) in [6.45, 7) is 0. The number of carboxylic acids is 1. The van der Waals surface area contributed by atoms with E-state index < -0.39 is 5.97 Å². The van der Waals surface area contributed by atoms with E-state index in [4.69, 9.17) is 22.0 Å². The first-order chi connectivity index (χ1) is 8.56. The fraction of sp³-hybridized carbons (Fsp3) is 0.182. The van der Waals surface area contributed by atoms with Crippen molar-refractivity contribution in [2.45, 2.75) is 0 Å². The molecule has 0 aliphatic rings. The molecule has 0 aliphatic carbocycles. The minimum absolute atomic E-state index is 0.0602. The monoisotopic (exact) mass is 284 g/mol. The maximum absolute atomic E-state index is 11.5. The molecule has 0 heterocycles. The minimum atomic E-state index is -1.21. The number of benzene rings is 1. The van der Waals surface area contributed by atoms with Crippen LogP contribution in [0.25, 0.3) is 0 Å². The van der Waals surface area contributed by atoms with Crippen molar-refractivity contribution in [3.05, 3.63) is 28.8 Å². The number of nitrogens with one attached hydrogen (secondary N) is 1. The number of carboxylic acid groups (broad SMARTS) is 1. The summed E-state index contributed by atoms with van der Waals surface area (Å²) in [5.41, 5.74) is 0.00959. The van der Waals surface area contributed by atoms with E-state index in [0.717, 1.165) is 11.8 Å². The highest BCUT2D eigenvalue weighted by molar-refractivity contribution is 8.00. The van der Waals surface area contributed by atoms with Crippen LogP contribution in [0.1, 0.15) is 10.4 Å². The number of nitrogens with zero attached hydrogens (tertiary/aromatic N) is 1. The lowest BCUT2D eigenvalue weighted by Crippen LogP contribution is -2.17. The number of aromatic carboxylic acids is 1. The van der Waals surface area contributed by atoms with Gasteiger partial charge in [0.2, 0.25) is 5.91 Å². The van der Waals surface area contributed by atoms with E-state index in [-0.39, 0.29) is 33.7 Å². The summed E-state index contributed by atoms with van der Waals surface area (Å²) in [6.07, 6.45) is 0. The van der Waals surface area contributed by atoms with Gasteiger partial charge in [-0.2, -0.15) is 5.26 Å². The van der Waals surface area contributed by atoms with Crippen molar-refractivity contribution >= 4 is 40.9 Å². The van der Waals surface area contributed by atoms with Crippen LogP contribution < -0.4 is 5.32 Å². The van der Waals surface area contributed by atoms with E-state index in [1.165, 1.54) is 12.1 Å². The molecule has 0 unspecified atom stereocenters. The molecule has 94 valence electrons. The highest BCUT2D eigenvalue weighted by atomic mass is 35.5. The molecule has 0 bridgehead atoms. The lowest BCUT2D eigenvalue weighted by Gasteiger charge is -2.09. The molecule has 0 atom stereocenters. The molecule has 0 aliphatic heterocycles. The van der Waals surface area contributed by atoms with Crippen LogP contribution in [-0.2, 0) is 4.79 Å². The molecule has 1 rings (SSSR count). The van der Waals surface area contributed by atoms with E-state index in [0.29, 0.717) is 0 Å². The number of nitriles is 1. The van der Waals surface area contributed by atoms with Crippen LogP contribution in [0.5, 0.6) is 0 Å². The Balaban J connectivity index is 2.79. The van der Waals surface area contributed by atoms with Crippen molar-refractivity contribution in [1.29, 1.82) is 5.26 Å². The summed E-state index contributed by atoms with van der Waals surface area (Å²) in [5, 5.41) is 19.8. The normalized spacial score (nSPS) is 9.56. The first kappa shape index (κ1) is 14.4. The molecule has 1 amide bonds. The third kappa shape index (κ3) is 3.95. The standard InChI is InChI=1S/C11H9ClN2O3S/c12-7-2-1-3-8(10(7)11(16)17)14-9(15)6-18-5-4-13/h1-3H,5-6H2,(H,14,15)(H,16,17). The van der Waals surface area contributed by atoms with Gasteiger partial charge in [0.1, 0.15) is 5.56 Å². The van der Waals surface area contributed by atoms with Crippen LogP contribution >= 0.6 is 23.4 Å². The Labute approximate surface area is 113 Å². The van der Waals surface area contributed by atoms with Gasteiger partial charge in [-0.3, -0.25) is 4.79 Å². The zero-order chi connectivity index (χ0) is 13.5. The highest BCUT2D eigenvalue weighted by Gasteiger charge is 2.15. The van der Waals surface area contributed by atoms with E-state index >= 15 is 0 Å². The van der Waals surface area contributed by atoms with Crippen LogP contribution in [0.3, 0.4) is 0 Å². The molecule has 1 aromatic rings. The zero-order valence-electron chi connectivity index (χ0n) is 9.14. The maximum atomic E-state index is 11.5. The van der Waals surface area contributed by atoms with Gasteiger partial charge in [0.05, 0.1) is 28.3 Å². The predicted octanol–water partition coefficient (Wildman–Crippen LogP) is 2.23. The second-order valence-electron chi connectivity index (χ2n) is 3.17. The molecule has 18 heavy (non-hydrogen) atoms. The first-order valence-corrected chi connectivity index (χ1v) is 6.36. The molecule has 0 radical (unpaired) electrons. The summed E-state index contributed by atoms with van der Waals surface area (Å²) >= 11 is 6.90. The first-order valence-electron chi connectivity index (χ1n) is 4.82. The number of thioether (sulfide) groups is 1. The Morgan fingerprint density at radius 2 is 2.22 bits per heavy atom. The van der Waals surface area contributed by atoms with Gasteiger partial charge >= 0.3 is 5.97 Å². The second-order valence-corrected chi connectivity index (χ2v) is 4.56. The van der Waals surface area contributed by atoms with Crippen molar-refractivity contribution in [3.8, 4) is 6.07 Å². The van der Waals surface area contributed by atoms with E-state index in [1.54, 1.807) is 6.07 Å². The third-order valence-corrected chi connectivity index (χ3v) is 3.02. The number of hydrogen-bond acceptors (Lipinski definition) is 4. The Kier molecular flexibility index (Phi) is 5.49. The SMILES string of the molecule is N#CCSCC(=O)Nc1cccc(Cl)c1C(=O)O. The van der Waals surface area contributed by atoms with Crippen LogP contribution in [-0.4, -0.2) is 28.5 Å². The zero-order valence-corrected chi connectivity index (χ0v) is 10.7. The van der Waals surface area contributed by atoms with E-state index in [2.05, 4.69) is 5.32 Å². The van der Waals surface area contributed by atoms with Crippen LogP contribution in [0.15, 0.2) is 18.2 Å². The van der Waals surface area contributed by atoms with E-state index in [1.807, 2.05) is 6.07 Å². The van der Waals surface area contributed by atoms with Gasteiger partial charge in [-0.25, -0.2) is 4.79 Å². The summed E-state index contributed by atoms with van der Waals surface area (Å²) in [7, 11) is 0. The molecule has 2 N–H and O–H groups in total. The lowest BCUT2D eigenvalue weighted by atomic mass is 10.2. The number of halogens is 1. The molecule has 7 heteroatoms. The molecule has 0 saturated heterocycles. The number of rotatable bonds is 5. The fourth-order valence-corrected chi connectivity index (χ4v) is 1.93. The second kappa shape index (κ2) is 6.89. The van der Waals surface area contributed by atoms with Crippen molar-refractivity contribution in [3.63, 3.8) is 0 Å². The van der Waals surface area contributed by atoms with Gasteiger partial charge in [-0.05, 0) is 12.1 Å². The lowest BCUT2D eigenvalue weighted by molar-refractivity contribution is -0.113. The quantitative estimate of drug-likeness (QED) is 0.809.